The molecule has 1 saturated heterocycles. The lowest BCUT2D eigenvalue weighted by Gasteiger charge is -2.20. The quantitative estimate of drug-likeness (QED) is 0.628. The Hall–Kier alpha value is -0.900. The summed E-state index contributed by atoms with van der Waals surface area (Å²) in [5, 5.41) is 11.5. The second-order valence-corrected chi connectivity index (χ2v) is 3.05. The Bertz CT molecular complexity index is 191. The molecular weight excluding hydrogens is 158 g/mol. The van der Waals surface area contributed by atoms with Crippen molar-refractivity contribution in [2.45, 2.75) is 19.3 Å². The molecule has 0 aliphatic carbocycles. The first-order valence-corrected chi connectivity index (χ1v) is 4.15. The summed E-state index contributed by atoms with van der Waals surface area (Å²) in [4.78, 5) is 21.4. The van der Waals surface area contributed by atoms with Crippen LogP contribution in [0.1, 0.15) is 19.3 Å². The number of rotatable bonds is 3. The summed E-state index contributed by atoms with van der Waals surface area (Å²) >= 11 is 0. The van der Waals surface area contributed by atoms with Gasteiger partial charge in [-0.15, -0.1) is 0 Å². The van der Waals surface area contributed by atoms with Gasteiger partial charge in [-0.1, -0.05) is 0 Å². The highest BCUT2D eigenvalue weighted by Crippen LogP contribution is 2.12. The number of carbonyl (C=O) groups is 2. The molecule has 12 heavy (non-hydrogen) atoms. The Morgan fingerprint density at radius 3 is 3.00 bits per heavy atom. The molecule has 0 spiro atoms. The van der Waals surface area contributed by atoms with Crippen LogP contribution >= 0.6 is 0 Å². The van der Waals surface area contributed by atoms with Crippen LogP contribution < -0.4 is 5.32 Å². The fourth-order valence-electron chi connectivity index (χ4n) is 1.37. The van der Waals surface area contributed by atoms with Crippen LogP contribution in [-0.4, -0.2) is 29.9 Å². The van der Waals surface area contributed by atoms with Crippen LogP contribution in [0, 0.1) is 5.92 Å². The Balaban J connectivity index is 2.29. The third-order valence-electron chi connectivity index (χ3n) is 2.10. The molecule has 1 rings (SSSR count). The lowest BCUT2D eigenvalue weighted by atomic mass is 9.93. The number of hydrogen-bond acceptors (Lipinski definition) is 3. The Labute approximate surface area is 71.0 Å². The van der Waals surface area contributed by atoms with Crippen LogP contribution in [0.3, 0.4) is 0 Å². The number of carboxylic acids is 1. The summed E-state index contributed by atoms with van der Waals surface area (Å²) in [5.41, 5.74) is 0. The molecule has 1 fully saturated rings. The summed E-state index contributed by atoms with van der Waals surface area (Å²) in [6.07, 6.45) is 1.11. The normalized spacial score (nSPS) is 24.0. The SMILES string of the molecule is O=C(O)CCC1CNCCC1=O. The lowest BCUT2D eigenvalue weighted by molar-refractivity contribution is -0.137. The summed E-state index contributed by atoms with van der Waals surface area (Å²) in [5.74, 6) is -0.696. The van der Waals surface area contributed by atoms with Gasteiger partial charge in [-0.2, -0.15) is 0 Å². The third kappa shape index (κ3) is 2.62. The molecule has 1 heterocycles. The molecule has 0 saturated carbocycles. The van der Waals surface area contributed by atoms with Gasteiger partial charge in [0.05, 0.1) is 0 Å². The highest BCUT2D eigenvalue weighted by Gasteiger charge is 2.21. The molecule has 0 aromatic rings. The lowest BCUT2D eigenvalue weighted by Crippen LogP contribution is -2.37. The van der Waals surface area contributed by atoms with Gasteiger partial charge in [0.25, 0.3) is 0 Å². The first-order valence-electron chi connectivity index (χ1n) is 4.15. The standard InChI is InChI=1S/C8H13NO3/c10-7-3-4-9-5-6(7)1-2-8(11)12/h6,9H,1-5H2,(H,11,12). The van der Waals surface area contributed by atoms with Gasteiger partial charge >= 0.3 is 5.97 Å². The minimum Gasteiger partial charge on any atom is -0.481 e. The monoisotopic (exact) mass is 171 g/mol. The van der Waals surface area contributed by atoms with Gasteiger partial charge in [-0.25, -0.2) is 0 Å². The van der Waals surface area contributed by atoms with E-state index in [-0.39, 0.29) is 18.1 Å². The molecule has 4 nitrogen and oxygen atoms in total. The van der Waals surface area contributed by atoms with Gasteiger partial charge in [0.15, 0.2) is 0 Å². The maximum absolute atomic E-state index is 11.2. The van der Waals surface area contributed by atoms with Gasteiger partial charge in [0.1, 0.15) is 5.78 Å². The zero-order valence-corrected chi connectivity index (χ0v) is 6.88. The second-order valence-electron chi connectivity index (χ2n) is 3.05. The van der Waals surface area contributed by atoms with Gasteiger partial charge < -0.3 is 10.4 Å². The Kier molecular flexibility index (Phi) is 3.22. The van der Waals surface area contributed by atoms with Gasteiger partial charge in [-0.3, -0.25) is 9.59 Å². The van der Waals surface area contributed by atoms with Crippen LogP contribution in [-0.2, 0) is 9.59 Å². The first kappa shape index (κ1) is 9.19. The average molecular weight is 171 g/mol. The van der Waals surface area contributed by atoms with Gasteiger partial charge in [-0.05, 0) is 6.42 Å². The van der Waals surface area contributed by atoms with Crippen LogP contribution in [0.2, 0.25) is 0 Å². The number of carboxylic acid groups (broad SMARTS) is 1. The largest absolute Gasteiger partial charge is 0.481 e. The number of hydrogen-bond donors (Lipinski definition) is 2. The van der Waals surface area contributed by atoms with E-state index in [0.29, 0.717) is 19.4 Å². The van der Waals surface area contributed by atoms with Crippen LogP contribution in [0.25, 0.3) is 0 Å². The summed E-state index contributed by atoms with van der Waals surface area (Å²) < 4.78 is 0. The Morgan fingerprint density at radius 2 is 2.42 bits per heavy atom. The van der Waals surface area contributed by atoms with E-state index in [1.54, 1.807) is 0 Å². The molecule has 0 aromatic heterocycles. The van der Waals surface area contributed by atoms with E-state index in [1.807, 2.05) is 0 Å². The topological polar surface area (TPSA) is 66.4 Å². The van der Waals surface area contributed by atoms with Crippen LogP contribution in [0.4, 0.5) is 0 Å². The van der Waals surface area contributed by atoms with Crippen molar-refractivity contribution in [3.05, 3.63) is 0 Å². The molecular formula is C8H13NO3. The number of nitrogens with one attached hydrogen (secondary N) is 1. The smallest absolute Gasteiger partial charge is 0.303 e. The highest BCUT2D eigenvalue weighted by molar-refractivity contribution is 5.82. The van der Waals surface area contributed by atoms with E-state index in [4.69, 9.17) is 5.11 Å². The third-order valence-corrected chi connectivity index (χ3v) is 2.10. The maximum atomic E-state index is 11.2. The van der Waals surface area contributed by atoms with Crippen molar-refractivity contribution in [2.75, 3.05) is 13.1 Å². The number of carbonyl (C=O) groups excluding carboxylic acids is 1. The predicted molar refractivity (Wildman–Crippen MR) is 42.9 cm³/mol. The van der Waals surface area contributed by atoms with E-state index in [2.05, 4.69) is 5.32 Å². The zero-order chi connectivity index (χ0) is 8.97. The van der Waals surface area contributed by atoms with Crippen molar-refractivity contribution in [3.8, 4) is 0 Å². The maximum Gasteiger partial charge on any atom is 0.303 e. The van der Waals surface area contributed by atoms with E-state index < -0.39 is 5.97 Å². The van der Waals surface area contributed by atoms with E-state index in [1.165, 1.54) is 0 Å². The molecule has 4 heteroatoms. The van der Waals surface area contributed by atoms with Crippen molar-refractivity contribution in [1.29, 1.82) is 0 Å². The zero-order valence-electron chi connectivity index (χ0n) is 6.88. The number of aliphatic carboxylic acids is 1. The number of Topliss-reactive ketones (excluding diaryl/α,β-unsaturated/α-hetero) is 1. The molecule has 1 aliphatic rings. The van der Waals surface area contributed by atoms with Crippen molar-refractivity contribution < 1.29 is 14.7 Å². The fourth-order valence-corrected chi connectivity index (χ4v) is 1.37. The minimum absolute atomic E-state index is 0.0742. The second kappa shape index (κ2) is 4.21. The van der Waals surface area contributed by atoms with Crippen LogP contribution in [0.5, 0.6) is 0 Å². The van der Waals surface area contributed by atoms with Gasteiger partial charge in [0, 0.05) is 31.8 Å². The van der Waals surface area contributed by atoms with E-state index >= 15 is 0 Å². The summed E-state index contributed by atoms with van der Waals surface area (Å²) in [7, 11) is 0. The first-order chi connectivity index (χ1) is 5.70. The number of ketones is 1. The summed E-state index contributed by atoms with van der Waals surface area (Å²) in [6.45, 7) is 1.38. The fraction of sp³-hybridized carbons (Fsp3) is 0.750. The molecule has 1 atom stereocenters. The van der Waals surface area contributed by atoms with Crippen molar-refractivity contribution >= 4 is 11.8 Å². The minimum atomic E-state index is -0.826. The van der Waals surface area contributed by atoms with E-state index in [9.17, 15) is 9.59 Å². The molecule has 0 bridgehead atoms. The number of piperidine rings is 1. The van der Waals surface area contributed by atoms with Gasteiger partial charge in [0.2, 0.25) is 0 Å². The van der Waals surface area contributed by atoms with Crippen molar-refractivity contribution in [2.24, 2.45) is 5.92 Å². The van der Waals surface area contributed by atoms with Crippen LogP contribution in [0.15, 0.2) is 0 Å². The van der Waals surface area contributed by atoms with Crippen molar-refractivity contribution in [1.82, 2.24) is 5.32 Å². The van der Waals surface area contributed by atoms with E-state index in [0.717, 1.165) is 6.54 Å². The predicted octanol–water partition coefficient (Wildman–Crippen LogP) is 0.0298. The molecule has 0 amide bonds. The van der Waals surface area contributed by atoms with Crippen molar-refractivity contribution in [3.63, 3.8) is 0 Å². The molecule has 1 aliphatic heterocycles. The molecule has 1 unspecified atom stereocenters. The molecule has 0 radical (unpaired) electrons. The summed E-state index contributed by atoms with van der Waals surface area (Å²) in [6, 6.07) is 0. The average Bonchev–Trinajstić information content (AvgIpc) is 2.03. The Morgan fingerprint density at radius 1 is 1.67 bits per heavy atom. The molecule has 2 N–H and O–H groups in total. The molecule has 68 valence electrons. The highest BCUT2D eigenvalue weighted by atomic mass is 16.4. The molecule has 0 aromatic carbocycles.